The van der Waals surface area contributed by atoms with Crippen molar-refractivity contribution in [2.24, 2.45) is 0 Å². The van der Waals surface area contributed by atoms with Gasteiger partial charge in [0.25, 0.3) is 0 Å². The van der Waals surface area contributed by atoms with E-state index in [9.17, 15) is 0 Å². The molecule has 1 aliphatic carbocycles. The minimum Gasteiger partial charge on any atom is -0.311 e. The van der Waals surface area contributed by atoms with E-state index in [0.29, 0.717) is 0 Å². The average Bonchev–Trinajstić information content (AvgIpc) is 3.53. The van der Waals surface area contributed by atoms with Crippen molar-refractivity contribution in [1.82, 2.24) is 4.57 Å². The highest BCUT2D eigenvalue weighted by atomic mass is 15.1. The molecule has 0 aliphatic heterocycles. The molecular formula is C49H38N2. The smallest absolute Gasteiger partial charge is 0.0541 e. The summed E-state index contributed by atoms with van der Waals surface area (Å²) in [5, 5.41) is 2.52. The zero-order chi connectivity index (χ0) is 34.2. The van der Waals surface area contributed by atoms with Gasteiger partial charge in [0.05, 0.1) is 11.0 Å². The van der Waals surface area contributed by atoms with Crippen LogP contribution in [0.1, 0.15) is 18.9 Å². The zero-order valence-electron chi connectivity index (χ0n) is 28.7. The minimum atomic E-state index is 0.00555. The van der Waals surface area contributed by atoms with Crippen molar-refractivity contribution in [3.63, 3.8) is 0 Å². The second-order valence-corrected chi connectivity index (χ2v) is 13.7. The van der Waals surface area contributed by atoms with E-state index < -0.39 is 0 Å². The van der Waals surface area contributed by atoms with Gasteiger partial charge in [0.1, 0.15) is 0 Å². The summed E-state index contributed by atoms with van der Waals surface area (Å²) in [5.74, 6) is 0. The number of allylic oxidation sites excluding steroid dienone is 4. The van der Waals surface area contributed by atoms with Crippen LogP contribution in [-0.2, 0) is 5.41 Å². The molecule has 0 radical (unpaired) electrons. The van der Waals surface area contributed by atoms with Crippen molar-refractivity contribution in [2.45, 2.75) is 18.8 Å². The Morgan fingerprint density at radius 2 is 1.00 bits per heavy atom. The van der Waals surface area contributed by atoms with Crippen molar-refractivity contribution in [1.29, 1.82) is 0 Å². The molecule has 8 aromatic rings. The van der Waals surface area contributed by atoms with Crippen LogP contribution in [0.15, 0.2) is 200 Å². The minimum absolute atomic E-state index is 0.00555. The van der Waals surface area contributed by atoms with Crippen LogP contribution < -0.4 is 4.90 Å². The van der Waals surface area contributed by atoms with Crippen LogP contribution in [0.4, 0.5) is 17.1 Å². The van der Waals surface area contributed by atoms with Gasteiger partial charge in [-0.25, -0.2) is 0 Å². The van der Waals surface area contributed by atoms with E-state index >= 15 is 0 Å². The van der Waals surface area contributed by atoms with Gasteiger partial charge >= 0.3 is 0 Å². The van der Waals surface area contributed by atoms with Gasteiger partial charge in [-0.15, -0.1) is 0 Å². The highest BCUT2D eigenvalue weighted by Gasteiger charge is 2.24. The van der Waals surface area contributed by atoms with Gasteiger partial charge in [0, 0.05) is 38.9 Å². The second-order valence-electron chi connectivity index (χ2n) is 13.7. The molecule has 9 rings (SSSR count). The summed E-state index contributed by atoms with van der Waals surface area (Å²) < 4.78 is 2.37. The molecule has 1 heterocycles. The molecule has 0 saturated heterocycles. The van der Waals surface area contributed by atoms with Gasteiger partial charge in [0.15, 0.2) is 0 Å². The number of anilines is 3. The maximum Gasteiger partial charge on any atom is 0.0541 e. The summed E-state index contributed by atoms with van der Waals surface area (Å²) in [6, 6.07) is 63.8. The molecular weight excluding hydrogens is 617 g/mol. The van der Waals surface area contributed by atoms with E-state index in [0.717, 1.165) is 23.5 Å². The molecule has 1 aromatic heterocycles. The molecule has 7 aromatic carbocycles. The summed E-state index contributed by atoms with van der Waals surface area (Å²) in [7, 11) is 0. The molecule has 0 amide bonds. The fraction of sp³-hybridized carbons (Fsp3) is 0.0612. The number of aromatic nitrogens is 1. The van der Waals surface area contributed by atoms with Crippen LogP contribution in [0.3, 0.4) is 0 Å². The summed E-state index contributed by atoms with van der Waals surface area (Å²) in [4.78, 5) is 2.36. The molecule has 1 atom stereocenters. The normalized spacial score (nSPS) is 15.4. The van der Waals surface area contributed by atoms with Crippen molar-refractivity contribution in [3.8, 4) is 27.9 Å². The quantitative estimate of drug-likeness (QED) is 0.166. The Hall–Kier alpha value is -6.38. The third-order valence-electron chi connectivity index (χ3n) is 10.4. The predicted octanol–water partition coefficient (Wildman–Crippen LogP) is 13.4. The van der Waals surface area contributed by atoms with E-state index in [1.54, 1.807) is 0 Å². The van der Waals surface area contributed by atoms with Crippen molar-refractivity contribution < 1.29 is 0 Å². The first-order valence-electron chi connectivity index (χ1n) is 17.7. The van der Waals surface area contributed by atoms with E-state index in [1.165, 1.54) is 55.3 Å². The summed E-state index contributed by atoms with van der Waals surface area (Å²) in [6.07, 6.45) is 9.89. The standard InChI is InChI=1S/C49H38N2/c1-49(33-11-4-12-34-49)40-24-30-44(31-25-40)50(42-26-19-37(20-27-42)36-13-5-2-6-14-36)43-28-21-38(22-29-43)39-23-32-48-46(35-39)45-17-9-10-18-47(45)51(48)41-15-7-3-8-16-41/h2-33,35H,34H2,1H3. The monoisotopic (exact) mass is 654 g/mol. The number of benzene rings is 7. The highest BCUT2D eigenvalue weighted by molar-refractivity contribution is 6.10. The summed E-state index contributed by atoms with van der Waals surface area (Å²) in [6.45, 7) is 2.32. The predicted molar refractivity (Wildman–Crippen MR) is 217 cm³/mol. The van der Waals surface area contributed by atoms with Gasteiger partial charge < -0.3 is 9.47 Å². The van der Waals surface area contributed by atoms with E-state index in [1.807, 2.05) is 0 Å². The molecule has 1 aliphatic rings. The molecule has 0 saturated carbocycles. The molecule has 1 unspecified atom stereocenters. The first-order chi connectivity index (χ1) is 25.1. The molecule has 0 fully saturated rings. The van der Waals surface area contributed by atoms with Gasteiger partial charge in [-0.2, -0.15) is 0 Å². The Kier molecular flexibility index (Phi) is 7.71. The lowest BCUT2D eigenvalue weighted by Crippen LogP contribution is -2.19. The first-order valence-corrected chi connectivity index (χ1v) is 17.7. The molecule has 0 N–H and O–H groups in total. The fourth-order valence-corrected chi connectivity index (χ4v) is 7.62. The third-order valence-corrected chi connectivity index (χ3v) is 10.4. The number of hydrogen-bond acceptors (Lipinski definition) is 1. The number of nitrogens with zero attached hydrogens (tertiary/aromatic N) is 2. The molecule has 244 valence electrons. The van der Waals surface area contributed by atoms with Crippen LogP contribution in [0.2, 0.25) is 0 Å². The van der Waals surface area contributed by atoms with Gasteiger partial charge in [-0.3, -0.25) is 0 Å². The maximum absolute atomic E-state index is 2.37. The molecule has 2 heteroatoms. The number of rotatable bonds is 7. The molecule has 0 bridgehead atoms. The van der Waals surface area contributed by atoms with Crippen LogP contribution in [-0.4, -0.2) is 4.57 Å². The Balaban J connectivity index is 1.10. The Bertz CT molecular complexity index is 2520. The number of para-hydroxylation sites is 2. The highest BCUT2D eigenvalue weighted by Crippen LogP contribution is 2.40. The van der Waals surface area contributed by atoms with Crippen LogP contribution >= 0.6 is 0 Å². The summed E-state index contributed by atoms with van der Waals surface area (Å²) >= 11 is 0. The van der Waals surface area contributed by atoms with E-state index in [2.05, 4.69) is 217 Å². The lowest BCUT2D eigenvalue weighted by atomic mass is 9.77. The SMILES string of the molecule is CC1(c2ccc(N(c3ccc(-c4ccccc4)cc3)c3ccc(-c4ccc5c(c4)c4ccccc4n5-c4ccccc4)cc3)cc2)C=CC=CC1. The van der Waals surface area contributed by atoms with Gasteiger partial charge in [0.2, 0.25) is 0 Å². The van der Waals surface area contributed by atoms with Crippen LogP contribution in [0, 0.1) is 0 Å². The van der Waals surface area contributed by atoms with Gasteiger partial charge in [-0.05, 0) is 101 Å². The van der Waals surface area contributed by atoms with Crippen LogP contribution in [0.25, 0.3) is 49.7 Å². The number of fused-ring (bicyclic) bond motifs is 3. The van der Waals surface area contributed by atoms with Crippen molar-refractivity contribution in [3.05, 3.63) is 206 Å². The molecule has 0 spiro atoms. The largest absolute Gasteiger partial charge is 0.311 e. The molecule has 2 nitrogen and oxygen atoms in total. The fourth-order valence-electron chi connectivity index (χ4n) is 7.62. The Morgan fingerprint density at radius 1 is 0.471 bits per heavy atom. The first kappa shape index (κ1) is 30.7. The zero-order valence-corrected chi connectivity index (χ0v) is 28.7. The number of hydrogen-bond donors (Lipinski definition) is 0. The average molecular weight is 655 g/mol. The van der Waals surface area contributed by atoms with Crippen molar-refractivity contribution in [2.75, 3.05) is 4.90 Å². The Labute approximate surface area is 299 Å². The third kappa shape index (κ3) is 5.65. The summed E-state index contributed by atoms with van der Waals surface area (Å²) in [5.41, 5.74) is 13.1. The lowest BCUT2D eigenvalue weighted by Gasteiger charge is -2.29. The maximum atomic E-state index is 2.37. The van der Waals surface area contributed by atoms with Gasteiger partial charge in [-0.1, -0.05) is 140 Å². The molecule has 51 heavy (non-hydrogen) atoms. The van der Waals surface area contributed by atoms with E-state index in [4.69, 9.17) is 0 Å². The second kappa shape index (κ2) is 12.8. The van der Waals surface area contributed by atoms with Crippen molar-refractivity contribution >= 4 is 38.9 Å². The topological polar surface area (TPSA) is 8.17 Å². The Morgan fingerprint density at radius 3 is 1.65 bits per heavy atom. The lowest BCUT2D eigenvalue weighted by molar-refractivity contribution is 0.600. The van der Waals surface area contributed by atoms with Crippen LogP contribution in [0.5, 0.6) is 0 Å². The van der Waals surface area contributed by atoms with E-state index in [-0.39, 0.29) is 5.41 Å².